The molecule has 0 fully saturated rings. The van der Waals surface area contributed by atoms with E-state index in [4.69, 9.17) is 5.26 Å². The molecule has 0 amide bonds. The Bertz CT molecular complexity index is 182. The predicted molar refractivity (Wildman–Crippen MR) is 38.1 cm³/mol. The van der Waals surface area contributed by atoms with Crippen LogP contribution in [0.5, 0.6) is 0 Å². The first-order chi connectivity index (χ1) is 4.31. The molecule has 0 N–H and O–H groups in total. The van der Waals surface area contributed by atoms with Gasteiger partial charge in [0.15, 0.2) is 0 Å². The van der Waals surface area contributed by atoms with E-state index in [1.165, 1.54) is 6.21 Å². The van der Waals surface area contributed by atoms with Gasteiger partial charge in [0, 0.05) is 12.4 Å². The second-order valence-electron chi connectivity index (χ2n) is 1.40. The van der Waals surface area contributed by atoms with Crippen LogP contribution in [0.3, 0.4) is 0 Å². The molecule has 2 nitrogen and oxygen atoms in total. The third-order valence-electron chi connectivity index (χ3n) is 0.609. The molecule has 0 spiro atoms. The van der Waals surface area contributed by atoms with E-state index in [0.717, 1.165) is 0 Å². The van der Waals surface area contributed by atoms with Gasteiger partial charge in [-0.3, -0.25) is 4.99 Å². The quantitative estimate of drug-likeness (QED) is 0.403. The van der Waals surface area contributed by atoms with Crippen molar-refractivity contribution in [2.24, 2.45) is 4.99 Å². The maximum atomic E-state index is 8.17. The van der Waals surface area contributed by atoms with E-state index in [1.807, 2.05) is 13.0 Å². The van der Waals surface area contributed by atoms with E-state index in [2.05, 4.69) is 11.6 Å². The van der Waals surface area contributed by atoms with Gasteiger partial charge in [-0.25, -0.2) is 0 Å². The van der Waals surface area contributed by atoms with E-state index in [0.29, 0.717) is 5.57 Å². The number of hydrogen-bond donors (Lipinski definition) is 0. The van der Waals surface area contributed by atoms with Crippen LogP contribution in [0, 0.1) is 11.3 Å². The van der Waals surface area contributed by atoms with Crippen molar-refractivity contribution >= 4 is 6.21 Å². The molecule has 0 radical (unpaired) electrons. The lowest BCUT2D eigenvalue weighted by Gasteiger charge is -1.75. The van der Waals surface area contributed by atoms with Gasteiger partial charge in [-0.1, -0.05) is 12.7 Å². The van der Waals surface area contributed by atoms with Crippen LogP contribution in [0.2, 0.25) is 0 Å². The van der Waals surface area contributed by atoms with Crippen molar-refractivity contribution in [1.82, 2.24) is 0 Å². The van der Waals surface area contributed by atoms with Crippen molar-refractivity contribution in [2.45, 2.75) is 6.92 Å². The molecular formula is C7H8N2. The van der Waals surface area contributed by atoms with E-state index in [1.54, 1.807) is 12.3 Å². The standard InChI is InChI=1S/C7H8N2/c1-3-4-9-6-7(2)5-8/h3-4,6H,2H2,1H3/b4-3-,9-6-. The molecule has 0 aromatic rings. The molecule has 2 heteroatoms. The van der Waals surface area contributed by atoms with Crippen LogP contribution in [-0.4, -0.2) is 6.21 Å². The Morgan fingerprint density at radius 3 is 2.89 bits per heavy atom. The minimum Gasteiger partial charge on any atom is -0.264 e. The zero-order valence-electron chi connectivity index (χ0n) is 5.33. The Hall–Kier alpha value is -1.36. The van der Waals surface area contributed by atoms with Gasteiger partial charge in [-0.05, 0) is 6.92 Å². The van der Waals surface area contributed by atoms with Gasteiger partial charge in [0.05, 0.1) is 5.57 Å². The van der Waals surface area contributed by atoms with Crippen molar-refractivity contribution < 1.29 is 0 Å². The molecule has 0 saturated carbocycles. The van der Waals surface area contributed by atoms with E-state index >= 15 is 0 Å². The van der Waals surface area contributed by atoms with Crippen molar-refractivity contribution in [3.63, 3.8) is 0 Å². The zero-order valence-corrected chi connectivity index (χ0v) is 5.33. The van der Waals surface area contributed by atoms with Crippen LogP contribution in [-0.2, 0) is 0 Å². The molecule has 0 heterocycles. The maximum Gasteiger partial charge on any atom is 0.100 e. The van der Waals surface area contributed by atoms with Crippen LogP contribution < -0.4 is 0 Å². The fourth-order valence-corrected chi connectivity index (χ4v) is 0.248. The largest absolute Gasteiger partial charge is 0.264 e. The molecule has 0 rings (SSSR count). The first kappa shape index (κ1) is 7.64. The van der Waals surface area contributed by atoms with Crippen LogP contribution in [0.4, 0.5) is 0 Å². The second kappa shape index (κ2) is 4.79. The molecule has 0 saturated heterocycles. The van der Waals surface area contributed by atoms with Gasteiger partial charge < -0.3 is 0 Å². The van der Waals surface area contributed by atoms with Gasteiger partial charge in [0.1, 0.15) is 6.07 Å². The number of nitrogens with zero attached hydrogens (tertiary/aromatic N) is 2. The summed E-state index contributed by atoms with van der Waals surface area (Å²) in [5, 5.41) is 8.17. The van der Waals surface area contributed by atoms with Crippen molar-refractivity contribution in [2.75, 3.05) is 0 Å². The minimum atomic E-state index is 0.369. The summed E-state index contributed by atoms with van der Waals surface area (Å²) in [6.07, 6.45) is 4.80. The van der Waals surface area contributed by atoms with Gasteiger partial charge in [-0.15, -0.1) is 0 Å². The summed E-state index contributed by atoms with van der Waals surface area (Å²) in [5.41, 5.74) is 0.369. The lowest BCUT2D eigenvalue weighted by Crippen LogP contribution is -1.72. The fourth-order valence-electron chi connectivity index (χ4n) is 0.248. The summed E-state index contributed by atoms with van der Waals surface area (Å²) in [6.45, 7) is 5.25. The molecule has 0 aromatic heterocycles. The number of hydrogen-bond acceptors (Lipinski definition) is 2. The normalized spacial score (nSPS) is 10.2. The average molecular weight is 120 g/mol. The van der Waals surface area contributed by atoms with Crippen molar-refractivity contribution in [3.8, 4) is 6.07 Å². The highest BCUT2D eigenvalue weighted by Gasteiger charge is 1.76. The molecule has 0 aliphatic carbocycles. The summed E-state index contributed by atoms with van der Waals surface area (Å²) >= 11 is 0. The first-order valence-electron chi connectivity index (χ1n) is 2.54. The van der Waals surface area contributed by atoms with Crippen LogP contribution in [0.25, 0.3) is 0 Å². The monoisotopic (exact) mass is 120 g/mol. The third-order valence-corrected chi connectivity index (χ3v) is 0.609. The SMILES string of the molecule is C=C(C#N)/C=N\C=C/C. The highest BCUT2D eigenvalue weighted by molar-refractivity contribution is 5.82. The lowest BCUT2D eigenvalue weighted by atomic mass is 10.4. The van der Waals surface area contributed by atoms with E-state index in [9.17, 15) is 0 Å². The number of rotatable bonds is 2. The maximum absolute atomic E-state index is 8.17. The van der Waals surface area contributed by atoms with Gasteiger partial charge in [0.2, 0.25) is 0 Å². The summed E-state index contributed by atoms with van der Waals surface area (Å²) in [7, 11) is 0. The number of allylic oxidation sites excluding steroid dienone is 2. The average Bonchev–Trinajstić information content (AvgIpc) is 1.89. The Kier molecular flexibility index (Phi) is 4.07. The summed E-state index contributed by atoms with van der Waals surface area (Å²) in [5.74, 6) is 0. The fraction of sp³-hybridized carbons (Fsp3) is 0.143. The Morgan fingerprint density at radius 1 is 1.78 bits per heavy atom. The molecule has 0 atom stereocenters. The lowest BCUT2D eigenvalue weighted by molar-refractivity contribution is 1.50. The Morgan fingerprint density at radius 2 is 2.44 bits per heavy atom. The van der Waals surface area contributed by atoms with Crippen LogP contribution in [0.1, 0.15) is 6.92 Å². The van der Waals surface area contributed by atoms with E-state index in [-0.39, 0.29) is 0 Å². The smallest absolute Gasteiger partial charge is 0.100 e. The molecule has 0 unspecified atom stereocenters. The summed E-state index contributed by atoms with van der Waals surface area (Å²) < 4.78 is 0. The summed E-state index contributed by atoms with van der Waals surface area (Å²) in [4.78, 5) is 3.73. The minimum absolute atomic E-state index is 0.369. The zero-order chi connectivity index (χ0) is 7.11. The van der Waals surface area contributed by atoms with Gasteiger partial charge >= 0.3 is 0 Å². The van der Waals surface area contributed by atoms with Crippen molar-refractivity contribution in [1.29, 1.82) is 5.26 Å². The van der Waals surface area contributed by atoms with E-state index < -0.39 is 0 Å². The topological polar surface area (TPSA) is 36.1 Å². The molecular weight excluding hydrogens is 112 g/mol. The molecule has 0 bridgehead atoms. The molecule has 0 aliphatic rings. The highest BCUT2D eigenvalue weighted by Crippen LogP contribution is 1.80. The van der Waals surface area contributed by atoms with Crippen LogP contribution in [0.15, 0.2) is 29.4 Å². The van der Waals surface area contributed by atoms with Gasteiger partial charge in [-0.2, -0.15) is 5.26 Å². The summed E-state index contributed by atoms with van der Waals surface area (Å²) in [6, 6.07) is 1.85. The molecule has 9 heavy (non-hydrogen) atoms. The second-order valence-corrected chi connectivity index (χ2v) is 1.40. The molecule has 0 aliphatic heterocycles. The predicted octanol–water partition coefficient (Wildman–Crippen LogP) is 1.67. The third kappa shape index (κ3) is 4.49. The highest BCUT2D eigenvalue weighted by atomic mass is 14.7. The van der Waals surface area contributed by atoms with Gasteiger partial charge in [0.25, 0.3) is 0 Å². The Balaban J connectivity index is 3.75. The number of aliphatic imine (C=N–C) groups is 1. The number of nitriles is 1. The Labute approximate surface area is 54.8 Å². The van der Waals surface area contributed by atoms with Crippen molar-refractivity contribution in [3.05, 3.63) is 24.4 Å². The molecule has 0 aromatic carbocycles. The van der Waals surface area contributed by atoms with Crippen LogP contribution >= 0.6 is 0 Å². The molecule has 46 valence electrons. The first-order valence-corrected chi connectivity index (χ1v) is 2.54.